The van der Waals surface area contributed by atoms with Crippen molar-refractivity contribution in [2.45, 2.75) is 64.0 Å². The van der Waals surface area contributed by atoms with Gasteiger partial charge in [0.05, 0.1) is 10.6 Å². The number of amides is 1. The summed E-state index contributed by atoms with van der Waals surface area (Å²) in [5.74, 6) is 0.910. The van der Waals surface area contributed by atoms with Crippen molar-refractivity contribution in [3.63, 3.8) is 0 Å². The molecule has 0 spiro atoms. The average Bonchev–Trinajstić information content (AvgIpc) is 3.42. The van der Waals surface area contributed by atoms with Gasteiger partial charge < -0.3 is 18.9 Å². The molecule has 156 valence electrons. The van der Waals surface area contributed by atoms with Gasteiger partial charge in [0.25, 0.3) is 5.56 Å². The fraction of sp³-hybridized carbons (Fsp3) is 0.714. The maximum atomic E-state index is 13.0. The van der Waals surface area contributed by atoms with Crippen LogP contribution in [-0.4, -0.2) is 47.8 Å². The summed E-state index contributed by atoms with van der Waals surface area (Å²) in [6, 6.07) is 1.80. The number of aryl methyl sites for hydroxylation is 1. The van der Waals surface area contributed by atoms with Gasteiger partial charge >= 0.3 is 0 Å². The summed E-state index contributed by atoms with van der Waals surface area (Å²) in [5.41, 5.74) is -0.227. The summed E-state index contributed by atoms with van der Waals surface area (Å²) in [6.07, 6.45) is 8.32. The van der Waals surface area contributed by atoms with Crippen molar-refractivity contribution >= 4 is 21.8 Å². The second-order valence-electron chi connectivity index (χ2n) is 8.39. The molecule has 7 heteroatoms. The van der Waals surface area contributed by atoms with Gasteiger partial charge in [-0.15, -0.1) is 0 Å². The number of hydrogen-bond donors (Lipinski definition) is 0. The molecule has 0 bridgehead atoms. The number of aromatic nitrogens is 1. The van der Waals surface area contributed by atoms with E-state index in [-0.39, 0.29) is 23.1 Å². The van der Waals surface area contributed by atoms with E-state index in [0.29, 0.717) is 18.3 Å². The highest BCUT2D eigenvalue weighted by Gasteiger charge is 2.48. The zero-order chi connectivity index (χ0) is 20.3. The summed E-state index contributed by atoms with van der Waals surface area (Å²) in [6.45, 7) is 3.52. The van der Waals surface area contributed by atoms with E-state index in [1.54, 1.807) is 20.4 Å². The summed E-state index contributed by atoms with van der Waals surface area (Å²) >= 11 is 3.48. The number of nitrogens with zero attached hydrogens (tertiary/aromatic N) is 2. The molecule has 0 unspecified atom stereocenters. The third-order valence-corrected chi connectivity index (χ3v) is 6.64. The van der Waals surface area contributed by atoms with E-state index in [4.69, 9.17) is 9.47 Å². The Morgan fingerprint density at radius 1 is 1.32 bits per heavy atom. The summed E-state index contributed by atoms with van der Waals surface area (Å²) in [7, 11) is 3.42. The van der Waals surface area contributed by atoms with Crippen molar-refractivity contribution in [3.8, 4) is 5.75 Å². The third kappa shape index (κ3) is 4.98. The minimum Gasteiger partial charge on any atom is -0.489 e. The molecule has 0 N–H and O–H groups in total. The molecule has 6 nitrogen and oxygen atoms in total. The molecule has 1 amide bonds. The normalized spacial score (nSPS) is 23.3. The minimum atomic E-state index is -0.143. The van der Waals surface area contributed by atoms with Crippen molar-refractivity contribution < 1.29 is 14.3 Å². The van der Waals surface area contributed by atoms with Crippen LogP contribution in [-0.2, 0) is 16.6 Å². The van der Waals surface area contributed by atoms with Crippen LogP contribution in [0.4, 0.5) is 0 Å². The fourth-order valence-corrected chi connectivity index (χ4v) is 4.42. The Labute approximate surface area is 175 Å². The second kappa shape index (κ2) is 8.99. The quantitative estimate of drug-likeness (QED) is 0.563. The van der Waals surface area contributed by atoms with Gasteiger partial charge in [0, 0.05) is 51.0 Å². The van der Waals surface area contributed by atoms with Gasteiger partial charge in [0.15, 0.2) is 0 Å². The summed E-state index contributed by atoms with van der Waals surface area (Å²) in [5, 5.41) is 0. The van der Waals surface area contributed by atoms with Crippen LogP contribution < -0.4 is 10.3 Å². The maximum absolute atomic E-state index is 13.0. The molecule has 2 aliphatic carbocycles. The highest BCUT2D eigenvalue weighted by Crippen LogP contribution is 2.47. The van der Waals surface area contributed by atoms with Gasteiger partial charge in [-0.3, -0.25) is 9.59 Å². The van der Waals surface area contributed by atoms with Crippen LogP contribution in [0.25, 0.3) is 0 Å². The van der Waals surface area contributed by atoms with E-state index in [0.717, 1.165) is 56.0 Å². The zero-order valence-corrected chi connectivity index (χ0v) is 18.7. The van der Waals surface area contributed by atoms with Crippen LogP contribution in [0, 0.1) is 5.41 Å². The molecule has 3 rings (SSSR count). The molecule has 0 atom stereocenters. The SMILES string of the molecule is COCCCN(C(=O)C1(C)CC1)C1CCC(Oc2cc(=O)n(C)cc2Br)CC1. The number of methoxy groups -OCH3 is 1. The van der Waals surface area contributed by atoms with Gasteiger partial charge in [-0.1, -0.05) is 6.92 Å². The second-order valence-corrected chi connectivity index (χ2v) is 9.24. The first kappa shape index (κ1) is 21.4. The van der Waals surface area contributed by atoms with Crippen LogP contribution >= 0.6 is 15.9 Å². The highest BCUT2D eigenvalue weighted by atomic mass is 79.9. The predicted octanol–water partition coefficient (Wildman–Crippen LogP) is 3.50. The Balaban J connectivity index is 1.59. The minimum absolute atomic E-state index is 0.0760. The van der Waals surface area contributed by atoms with Crippen LogP contribution in [0.3, 0.4) is 0 Å². The average molecular weight is 455 g/mol. The molecular formula is C21H31BrN2O4. The van der Waals surface area contributed by atoms with Gasteiger partial charge in [-0.2, -0.15) is 0 Å². The molecule has 0 saturated heterocycles. The lowest BCUT2D eigenvalue weighted by atomic mass is 9.90. The molecule has 1 aromatic rings. The molecule has 0 radical (unpaired) electrons. The van der Waals surface area contributed by atoms with E-state index in [1.165, 1.54) is 10.6 Å². The molecule has 2 fully saturated rings. The number of carbonyl (C=O) groups excluding carboxylic acids is 1. The number of ether oxygens (including phenoxy) is 2. The van der Waals surface area contributed by atoms with E-state index >= 15 is 0 Å². The van der Waals surface area contributed by atoms with Crippen molar-refractivity contribution in [2.75, 3.05) is 20.3 Å². The molecule has 28 heavy (non-hydrogen) atoms. The smallest absolute Gasteiger partial charge is 0.254 e. The summed E-state index contributed by atoms with van der Waals surface area (Å²) < 4.78 is 13.6. The van der Waals surface area contributed by atoms with E-state index in [9.17, 15) is 9.59 Å². The first-order chi connectivity index (χ1) is 13.3. The van der Waals surface area contributed by atoms with E-state index in [1.807, 2.05) is 0 Å². The summed E-state index contributed by atoms with van der Waals surface area (Å²) in [4.78, 5) is 27.0. The number of hydrogen-bond acceptors (Lipinski definition) is 4. The molecule has 0 aromatic carbocycles. The number of carbonyl (C=O) groups is 1. The number of rotatable bonds is 8. The Kier molecular flexibility index (Phi) is 6.86. The molecule has 1 heterocycles. The van der Waals surface area contributed by atoms with Crippen molar-refractivity contribution in [3.05, 3.63) is 27.1 Å². The maximum Gasteiger partial charge on any atom is 0.254 e. The van der Waals surface area contributed by atoms with Gasteiger partial charge in [0.1, 0.15) is 5.75 Å². The Morgan fingerprint density at radius 2 is 2.00 bits per heavy atom. The van der Waals surface area contributed by atoms with E-state index in [2.05, 4.69) is 27.8 Å². The fourth-order valence-electron chi connectivity index (χ4n) is 3.90. The first-order valence-corrected chi connectivity index (χ1v) is 11.0. The zero-order valence-electron chi connectivity index (χ0n) is 17.1. The monoisotopic (exact) mass is 454 g/mol. The third-order valence-electron chi connectivity index (χ3n) is 6.05. The predicted molar refractivity (Wildman–Crippen MR) is 112 cm³/mol. The van der Waals surface area contributed by atoms with Crippen LogP contribution in [0.2, 0.25) is 0 Å². The Bertz CT molecular complexity index is 751. The lowest BCUT2D eigenvalue weighted by Crippen LogP contribution is -2.47. The molecule has 0 aliphatic heterocycles. The molecule has 2 aliphatic rings. The van der Waals surface area contributed by atoms with Gasteiger partial charge in [-0.25, -0.2) is 0 Å². The lowest BCUT2D eigenvalue weighted by Gasteiger charge is -2.38. The molecular weight excluding hydrogens is 424 g/mol. The molecule has 2 saturated carbocycles. The van der Waals surface area contributed by atoms with Crippen LogP contribution in [0.1, 0.15) is 51.9 Å². The van der Waals surface area contributed by atoms with E-state index < -0.39 is 0 Å². The first-order valence-electron chi connectivity index (χ1n) is 10.2. The van der Waals surface area contributed by atoms with Crippen molar-refractivity contribution in [1.82, 2.24) is 9.47 Å². The van der Waals surface area contributed by atoms with Crippen molar-refractivity contribution in [2.24, 2.45) is 12.5 Å². The van der Waals surface area contributed by atoms with Gasteiger partial charge in [-0.05, 0) is 60.9 Å². The Morgan fingerprint density at radius 3 is 2.61 bits per heavy atom. The van der Waals surface area contributed by atoms with Gasteiger partial charge in [0.2, 0.25) is 5.91 Å². The van der Waals surface area contributed by atoms with Crippen LogP contribution in [0.5, 0.6) is 5.75 Å². The lowest BCUT2D eigenvalue weighted by molar-refractivity contribution is -0.140. The van der Waals surface area contributed by atoms with Crippen LogP contribution in [0.15, 0.2) is 21.5 Å². The Hall–Kier alpha value is -1.34. The number of halogens is 1. The highest BCUT2D eigenvalue weighted by molar-refractivity contribution is 9.10. The standard InChI is InChI=1S/C21H31BrN2O4/c1-21(9-10-21)20(26)24(11-4-12-27-3)15-5-7-16(8-6-15)28-18-13-19(25)23(2)14-17(18)22/h13-16H,4-12H2,1-3H3. The van der Waals surface area contributed by atoms with Crippen molar-refractivity contribution in [1.29, 1.82) is 0 Å². The number of pyridine rings is 1. The molecule has 1 aromatic heterocycles. The largest absolute Gasteiger partial charge is 0.489 e. The topological polar surface area (TPSA) is 60.8 Å².